The number of anilines is 1. The molecule has 1 unspecified atom stereocenters. The van der Waals surface area contributed by atoms with Gasteiger partial charge in [-0.2, -0.15) is 0 Å². The number of carbonyl (C=O) groups is 2. The molecule has 0 aromatic heterocycles. The fourth-order valence-electron chi connectivity index (χ4n) is 2.52. The molecule has 0 spiro atoms. The molecule has 1 aromatic carbocycles. The summed E-state index contributed by atoms with van der Waals surface area (Å²) in [4.78, 5) is 24.9. The topological polar surface area (TPSA) is 69.6 Å². The zero-order valence-corrected chi connectivity index (χ0v) is 12.2. The number of hydrogen-bond acceptors (Lipinski definition) is 3. The second-order valence-electron chi connectivity index (χ2n) is 5.44. The fourth-order valence-corrected chi connectivity index (χ4v) is 2.52. The first-order valence-corrected chi connectivity index (χ1v) is 7.11. The minimum Gasteiger partial charge on any atom is -0.481 e. The van der Waals surface area contributed by atoms with Gasteiger partial charge >= 0.3 is 5.97 Å². The normalized spacial score (nSPS) is 18.0. The van der Waals surface area contributed by atoms with Gasteiger partial charge in [-0.1, -0.05) is 0 Å². The first kappa shape index (κ1) is 16.4. The highest BCUT2D eigenvalue weighted by atomic mass is 19.2. The summed E-state index contributed by atoms with van der Waals surface area (Å²) in [6, 6.07) is 2.70. The third-order valence-electron chi connectivity index (χ3n) is 3.99. The van der Waals surface area contributed by atoms with Crippen molar-refractivity contribution in [3.05, 3.63) is 29.8 Å². The van der Waals surface area contributed by atoms with E-state index in [1.54, 1.807) is 6.92 Å². The molecule has 0 aliphatic carbocycles. The highest BCUT2D eigenvalue weighted by Gasteiger charge is 2.29. The van der Waals surface area contributed by atoms with Crippen LogP contribution in [0.25, 0.3) is 0 Å². The van der Waals surface area contributed by atoms with Crippen LogP contribution in [-0.2, 0) is 9.59 Å². The molecule has 5 nitrogen and oxygen atoms in total. The summed E-state index contributed by atoms with van der Waals surface area (Å²) in [5, 5.41) is 11.5. The Morgan fingerprint density at radius 3 is 2.45 bits per heavy atom. The number of carbonyl (C=O) groups excluding carboxylic acids is 1. The summed E-state index contributed by atoms with van der Waals surface area (Å²) in [5.41, 5.74) is 0.191. The molecule has 1 atom stereocenters. The summed E-state index contributed by atoms with van der Waals surface area (Å²) < 4.78 is 26.0. The maximum absolute atomic E-state index is 13.1. The average molecular weight is 312 g/mol. The Balaban J connectivity index is 1.92. The zero-order valence-electron chi connectivity index (χ0n) is 12.2. The smallest absolute Gasteiger partial charge is 0.306 e. The second-order valence-corrected chi connectivity index (χ2v) is 5.44. The van der Waals surface area contributed by atoms with Crippen LogP contribution in [0.15, 0.2) is 18.2 Å². The van der Waals surface area contributed by atoms with E-state index in [2.05, 4.69) is 5.32 Å². The SMILES string of the molecule is CC(C(=O)Nc1ccc(F)c(F)c1)N1CCC(C(=O)O)CC1. The van der Waals surface area contributed by atoms with Gasteiger partial charge in [0.25, 0.3) is 0 Å². The van der Waals surface area contributed by atoms with Gasteiger partial charge in [0.2, 0.25) is 5.91 Å². The van der Waals surface area contributed by atoms with Crippen LogP contribution in [0.2, 0.25) is 0 Å². The van der Waals surface area contributed by atoms with Crippen LogP contribution in [0.5, 0.6) is 0 Å². The lowest BCUT2D eigenvalue weighted by molar-refractivity contribution is -0.143. The Hall–Kier alpha value is -2.02. The Kier molecular flexibility index (Phi) is 5.07. The minimum atomic E-state index is -1.02. The van der Waals surface area contributed by atoms with Crippen molar-refractivity contribution in [2.24, 2.45) is 5.92 Å². The maximum Gasteiger partial charge on any atom is 0.306 e. The molecule has 22 heavy (non-hydrogen) atoms. The number of aliphatic carboxylic acids is 1. The van der Waals surface area contributed by atoms with Crippen molar-refractivity contribution < 1.29 is 23.5 Å². The Labute approximate surface area is 126 Å². The van der Waals surface area contributed by atoms with Crippen LogP contribution in [0.1, 0.15) is 19.8 Å². The molecule has 0 bridgehead atoms. The van der Waals surface area contributed by atoms with E-state index in [0.717, 1.165) is 12.1 Å². The van der Waals surface area contributed by atoms with Crippen molar-refractivity contribution in [2.75, 3.05) is 18.4 Å². The third kappa shape index (κ3) is 3.79. The molecule has 1 aliphatic heterocycles. The molecule has 2 N–H and O–H groups in total. The van der Waals surface area contributed by atoms with Crippen LogP contribution < -0.4 is 5.32 Å². The molecule has 1 amide bonds. The Bertz CT molecular complexity index is 572. The van der Waals surface area contributed by atoms with Gasteiger partial charge in [0.15, 0.2) is 11.6 Å². The summed E-state index contributed by atoms with van der Waals surface area (Å²) in [5.74, 6) is -3.49. The number of carboxylic acids is 1. The quantitative estimate of drug-likeness (QED) is 0.893. The molecule has 1 heterocycles. The van der Waals surface area contributed by atoms with E-state index in [-0.39, 0.29) is 17.5 Å². The predicted molar refractivity (Wildman–Crippen MR) is 76.4 cm³/mol. The lowest BCUT2D eigenvalue weighted by Gasteiger charge is -2.33. The molecular weight excluding hydrogens is 294 g/mol. The van der Waals surface area contributed by atoms with Gasteiger partial charge in [-0.25, -0.2) is 8.78 Å². The van der Waals surface area contributed by atoms with Crippen molar-refractivity contribution in [1.82, 2.24) is 4.90 Å². The lowest BCUT2D eigenvalue weighted by atomic mass is 9.96. The van der Waals surface area contributed by atoms with Gasteiger partial charge in [-0.15, -0.1) is 0 Å². The predicted octanol–water partition coefficient (Wildman–Crippen LogP) is 2.09. The van der Waals surface area contributed by atoms with Crippen LogP contribution in [0.3, 0.4) is 0 Å². The average Bonchev–Trinajstić information content (AvgIpc) is 2.50. The van der Waals surface area contributed by atoms with E-state index in [0.29, 0.717) is 25.9 Å². The molecule has 1 fully saturated rings. The van der Waals surface area contributed by atoms with Crippen LogP contribution in [0, 0.1) is 17.6 Å². The number of nitrogens with one attached hydrogen (secondary N) is 1. The zero-order chi connectivity index (χ0) is 16.3. The van der Waals surface area contributed by atoms with Crippen LogP contribution >= 0.6 is 0 Å². The van der Waals surface area contributed by atoms with E-state index in [1.807, 2.05) is 4.90 Å². The van der Waals surface area contributed by atoms with Crippen molar-refractivity contribution >= 4 is 17.6 Å². The monoisotopic (exact) mass is 312 g/mol. The molecule has 120 valence electrons. The standard InChI is InChI=1S/C15H18F2N2O3/c1-9(19-6-4-10(5-7-19)15(21)22)14(20)18-11-2-3-12(16)13(17)8-11/h2-3,8-10H,4-7H2,1H3,(H,18,20)(H,21,22). The number of hydrogen-bond donors (Lipinski definition) is 2. The maximum atomic E-state index is 13.1. The van der Waals surface area contributed by atoms with Crippen molar-refractivity contribution in [1.29, 1.82) is 0 Å². The third-order valence-corrected chi connectivity index (χ3v) is 3.99. The minimum absolute atomic E-state index is 0.191. The molecular formula is C15H18F2N2O3. The summed E-state index contributed by atoms with van der Waals surface area (Å²) in [7, 11) is 0. The van der Waals surface area contributed by atoms with Crippen molar-refractivity contribution in [3.63, 3.8) is 0 Å². The summed E-state index contributed by atoms with van der Waals surface area (Å²) in [6.45, 7) is 2.74. The Morgan fingerprint density at radius 1 is 1.27 bits per heavy atom. The molecule has 0 radical (unpaired) electrons. The van der Waals surface area contributed by atoms with E-state index in [4.69, 9.17) is 5.11 Å². The number of amides is 1. The molecule has 1 aliphatic rings. The molecule has 1 saturated heterocycles. The first-order chi connectivity index (χ1) is 10.4. The van der Waals surface area contributed by atoms with Crippen molar-refractivity contribution in [3.8, 4) is 0 Å². The molecule has 0 saturated carbocycles. The summed E-state index contributed by atoms with van der Waals surface area (Å²) >= 11 is 0. The highest BCUT2D eigenvalue weighted by molar-refractivity contribution is 5.94. The highest BCUT2D eigenvalue weighted by Crippen LogP contribution is 2.20. The van der Waals surface area contributed by atoms with E-state index < -0.39 is 23.6 Å². The largest absolute Gasteiger partial charge is 0.481 e. The molecule has 7 heteroatoms. The number of likely N-dealkylation sites (tertiary alicyclic amines) is 1. The van der Waals surface area contributed by atoms with Gasteiger partial charge in [0.05, 0.1) is 12.0 Å². The van der Waals surface area contributed by atoms with Gasteiger partial charge in [0.1, 0.15) is 0 Å². The van der Waals surface area contributed by atoms with E-state index in [9.17, 15) is 18.4 Å². The number of rotatable bonds is 4. The van der Waals surface area contributed by atoms with Gasteiger partial charge in [0, 0.05) is 11.8 Å². The second kappa shape index (κ2) is 6.83. The van der Waals surface area contributed by atoms with Gasteiger partial charge in [-0.3, -0.25) is 14.5 Å². The number of benzene rings is 1. The number of carboxylic acid groups (broad SMARTS) is 1. The number of nitrogens with zero attached hydrogens (tertiary/aromatic N) is 1. The van der Waals surface area contributed by atoms with Gasteiger partial charge < -0.3 is 10.4 Å². The lowest BCUT2D eigenvalue weighted by Crippen LogP contribution is -2.47. The van der Waals surface area contributed by atoms with Crippen molar-refractivity contribution in [2.45, 2.75) is 25.8 Å². The van der Waals surface area contributed by atoms with Gasteiger partial charge in [-0.05, 0) is 45.0 Å². The fraction of sp³-hybridized carbons (Fsp3) is 0.467. The van der Waals surface area contributed by atoms with Crippen LogP contribution in [-0.4, -0.2) is 41.0 Å². The van der Waals surface area contributed by atoms with E-state index >= 15 is 0 Å². The van der Waals surface area contributed by atoms with E-state index in [1.165, 1.54) is 6.07 Å². The number of halogens is 2. The molecule has 2 rings (SSSR count). The van der Waals surface area contributed by atoms with Crippen LogP contribution in [0.4, 0.5) is 14.5 Å². The summed E-state index contributed by atoms with van der Waals surface area (Å²) in [6.07, 6.45) is 0.996. The molecule has 1 aromatic rings. The first-order valence-electron chi connectivity index (χ1n) is 7.11. The number of piperidine rings is 1. The Morgan fingerprint density at radius 2 is 1.91 bits per heavy atom.